The lowest BCUT2D eigenvalue weighted by atomic mass is 10.2. The molecule has 1 rings (SSSR count). The standard InChI is InChI=1S/C8H9NO.C2H6/c1-4-7-8(6(2)3)10-5-9-7;1-2/h4-5H,1-2H2,3H3;1-2H3. The van der Waals surface area contributed by atoms with Gasteiger partial charge < -0.3 is 4.42 Å². The van der Waals surface area contributed by atoms with Crippen molar-refractivity contribution in [3.8, 4) is 0 Å². The Balaban J connectivity index is 0.000000561. The van der Waals surface area contributed by atoms with Crippen molar-refractivity contribution in [1.82, 2.24) is 4.98 Å². The smallest absolute Gasteiger partial charge is 0.181 e. The third-order valence-corrected chi connectivity index (χ3v) is 1.18. The van der Waals surface area contributed by atoms with Crippen LogP contribution in [0, 0.1) is 0 Å². The van der Waals surface area contributed by atoms with Gasteiger partial charge in [0.15, 0.2) is 12.2 Å². The number of hydrogen-bond acceptors (Lipinski definition) is 2. The summed E-state index contributed by atoms with van der Waals surface area (Å²) in [6.07, 6.45) is 3.04. The highest BCUT2D eigenvalue weighted by Crippen LogP contribution is 2.15. The monoisotopic (exact) mass is 165 g/mol. The van der Waals surface area contributed by atoms with Gasteiger partial charge in [-0.3, -0.25) is 0 Å². The zero-order valence-corrected chi connectivity index (χ0v) is 7.92. The molecule has 12 heavy (non-hydrogen) atoms. The van der Waals surface area contributed by atoms with Crippen LogP contribution in [0.25, 0.3) is 11.6 Å². The minimum absolute atomic E-state index is 0.718. The first-order chi connectivity index (χ1) is 5.75. The Morgan fingerprint density at radius 1 is 1.58 bits per heavy atom. The highest BCUT2D eigenvalue weighted by atomic mass is 16.3. The van der Waals surface area contributed by atoms with Crippen LogP contribution in [0.15, 0.2) is 24.0 Å². The maximum atomic E-state index is 5.04. The molecule has 1 heterocycles. The van der Waals surface area contributed by atoms with Gasteiger partial charge in [0.1, 0.15) is 5.69 Å². The maximum absolute atomic E-state index is 5.04. The Morgan fingerprint density at radius 3 is 2.50 bits per heavy atom. The maximum Gasteiger partial charge on any atom is 0.181 e. The zero-order chi connectivity index (χ0) is 9.56. The van der Waals surface area contributed by atoms with Gasteiger partial charge in [0.05, 0.1) is 0 Å². The number of allylic oxidation sites excluding steroid dienone is 1. The van der Waals surface area contributed by atoms with Crippen LogP contribution in [0.4, 0.5) is 0 Å². The minimum Gasteiger partial charge on any atom is -0.443 e. The van der Waals surface area contributed by atoms with E-state index in [1.807, 2.05) is 20.8 Å². The Labute approximate surface area is 73.6 Å². The summed E-state index contributed by atoms with van der Waals surface area (Å²) >= 11 is 0. The first-order valence-corrected chi connectivity index (χ1v) is 3.97. The first-order valence-electron chi connectivity index (χ1n) is 3.97. The molecule has 0 aliphatic heterocycles. The van der Waals surface area contributed by atoms with E-state index in [0.717, 1.165) is 17.0 Å². The summed E-state index contributed by atoms with van der Waals surface area (Å²) in [6.45, 7) is 13.2. The van der Waals surface area contributed by atoms with Crippen molar-refractivity contribution in [2.75, 3.05) is 0 Å². The predicted octanol–water partition coefficient (Wildman–Crippen LogP) is 3.38. The number of aromatic nitrogens is 1. The molecule has 2 nitrogen and oxygen atoms in total. The summed E-state index contributed by atoms with van der Waals surface area (Å²) in [6, 6.07) is 0. The molecular weight excluding hydrogens is 150 g/mol. The second kappa shape index (κ2) is 5.35. The zero-order valence-electron chi connectivity index (χ0n) is 7.92. The number of rotatable bonds is 2. The van der Waals surface area contributed by atoms with Gasteiger partial charge in [0, 0.05) is 0 Å². The van der Waals surface area contributed by atoms with Crippen LogP contribution in [0.2, 0.25) is 0 Å². The van der Waals surface area contributed by atoms with Crippen molar-refractivity contribution in [3.05, 3.63) is 31.0 Å². The fourth-order valence-electron chi connectivity index (χ4n) is 0.719. The number of hydrogen-bond donors (Lipinski definition) is 0. The highest BCUT2D eigenvalue weighted by Gasteiger charge is 2.03. The molecule has 2 heteroatoms. The van der Waals surface area contributed by atoms with E-state index in [-0.39, 0.29) is 0 Å². The predicted molar refractivity (Wildman–Crippen MR) is 52.7 cm³/mol. The third-order valence-electron chi connectivity index (χ3n) is 1.18. The van der Waals surface area contributed by atoms with Crippen LogP contribution in [-0.2, 0) is 0 Å². The molecule has 0 bridgehead atoms. The fraction of sp³-hybridized carbons (Fsp3) is 0.300. The lowest BCUT2D eigenvalue weighted by Gasteiger charge is -1.91. The van der Waals surface area contributed by atoms with Gasteiger partial charge in [0.25, 0.3) is 0 Å². The number of oxazole rings is 1. The summed E-state index contributed by atoms with van der Waals surface area (Å²) in [5.74, 6) is 0.718. The molecule has 1 aromatic heterocycles. The van der Waals surface area contributed by atoms with E-state index in [1.54, 1.807) is 6.08 Å². The van der Waals surface area contributed by atoms with E-state index in [4.69, 9.17) is 4.42 Å². The Hall–Kier alpha value is -1.31. The van der Waals surface area contributed by atoms with Gasteiger partial charge in [-0.05, 0) is 18.6 Å². The number of nitrogens with zero attached hydrogens (tertiary/aromatic N) is 1. The van der Waals surface area contributed by atoms with Gasteiger partial charge in [-0.1, -0.05) is 27.0 Å². The SMILES string of the molecule is C=Cc1ncoc1C(=C)C.CC. The molecule has 1 aromatic rings. The average molecular weight is 165 g/mol. The van der Waals surface area contributed by atoms with Gasteiger partial charge >= 0.3 is 0 Å². The molecule has 0 saturated heterocycles. The van der Waals surface area contributed by atoms with E-state index in [2.05, 4.69) is 18.1 Å². The van der Waals surface area contributed by atoms with Crippen LogP contribution < -0.4 is 0 Å². The van der Waals surface area contributed by atoms with Crippen molar-refractivity contribution in [2.45, 2.75) is 20.8 Å². The molecular formula is C10H15NO. The first kappa shape index (κ1) is 10.7. The summed E-state index contributed by atoms with van der Waals surface area (Å²) in [4.78, 5) is 3.91. The van der Waals surface area contributed by atoms with Crippen LogP contribution in [0.3, 0.4) is 0 Å². The van der Waals surface area contributed by atoms with Crippen molar-refractivity contribution >= 4 is 11.6 Å². The normalized spacial score (nSPS) is 8.25. The van der Waals surface area contributed by atoms with E-state index < -0.39 is 0 Å². The molecule has 0 unspecified atom stereocenters. The molecule has 66 valence electrons. The second-order valence-corrected chi connectivity index (χ2v) is 2.05. The van der Waals surface area contributed by atoms with Crippen molar-refractivity contribution in [1.29, 1.82) is 0 Å². The van der Waals surface area contributed by atoms with Crippen LogP contribution >= 0.6 is 0 Å². The van der Waals surface area contributed by atoms with Gasteiger partial charge in [-0.2, -0.15) is 0 Å². The van der Waals surface area contributed by atoms with Gasteiger partial charge in [-0.25, -0.2) is 4.98 Å². The molecule has 0 fully saturated rings. The third kappa shape index (κ3) is 2.38. The highest BCUT2D eigenvalue weighted by molar-refractivity contribution is 5.64. The Bertz CT molecular complexity index is 261. The Morgan fingerprint density at radius 2 is 2.17 bits per heavy atom. The second-order valence-electron chi connectivity index (χ2n) is 2.05. The summed E-state index contributed by atoms with van der Waals surface area (Å²) < 4.78 is 5.04. The summed E-state index contributed by atoms with van der Waals surface area (Å²) in [5, 5.41) is 0. The molecule has 0 aliphatic rings. The lowest BCUT2D eigenvalue weighted by molar-refractivity contribution is 0.544. The topological polar surface area (TPSA) is 26.0 Å². The summed E-state index contributed by atoms with van der Waals surface area (Å²) in [7, 11) is 0. The molecule has 0 spiro atoms. The molecule has 0 N–H and O–H groups in total. The molecule has 0 radical (unpaired) electrons. The lowest BCUT2D eigenvalue weighted by Crippen LogP contribution is -1.77. The van der Waals surface area contributed by atoms with E-state index >= 15 is 0 Å². The van der Waals surface area contributed by atoms with Gasteiger partial charge in [-0.15, -0.1) is 0 Å². The van der Waals surface area contributed by atoms with E-state index in [9.17, 15) is 0 Å². The molecule has 0 amide bonds. The summed E-state index contributed by atoms with van der Waals surface area (Å²) in [5.41, 5.74) is 1.62. The van der Waals surface area contributed by atoms with Crippen LogP contribution in [0.1, 0.15) is 32.2 Å². The molecule has 0 aromatic carbocycles. The van der Waals surface area contributed by atoms with Crippen molar-refractivity contribution in [2.24, 2.45) is 0 Å². The minimum atomic E-state index is 0.718. The van der Waals surface area contributed by atoms with E-state index in [1.165, 1.54) is 6.39 Å². The molecule has 0 atom stereocenters. The van der Waals surface area contributed by atoms with Crippen molar-refractivity contribution < 1.29 is 4.42 Å². The van der Waals surface area contributed by atoms with Crippen molar-refractivity contribution in [3.63, 3.8) is 0 Å². The van der Waals surface area contributed by atoms with Gasteiger partial charge in [0.2, 0.25) is 0 Å². The fourth-order valence-corrected chi connectivity index (χ4v) is 0.719. The van der Waals surface area contributed by atoms with Crippen LogP contribution in [-0.4, -0.2) is 4.98 Å². The molecule has 0 aliphatic carbocycles. The van der Waals surface area contributed by atoms with E-state index in [0.29, 0.717) is 0 Å². The Kier molecular flexibility index (Phi) is 4.77. The molecule has 0 saturated carbocycles. The largest absolute Gasteiger partial charge is 0.443 e. The van der Waals surface area contributed by atoms with Crippen LogP contribution in [0.5, 0.6) is 0 Å². The quantitative estimate of drug-likeness (QED) is 0.671. The average Bonchev–Trinajstić information content (AvgIpc) is 2.55.